The maximum Gasteiger partial charge on any atom is 0.263 e. The molecule has 38 heavy (non-hydrogen) atoms. The highest BCUT2D eigenvalue weighted by Gasteiger charge is 2.34. The summed E-state index contributed by atoms with van der Waals surface area (Å²) < 4.78 is 56.0. The van der Waals surface area contributed by atoms with Gasteiger partial charge in [0.15, 0.2) is 11.6 Å². The summed E-state index contributed by atoms with van der Waals surface area (Å²) in [6.07, 6.45) is 1.41. The standard InChI is InChI=1S/C27H18F2N4O4S/c28-18-12-17(13-19(29)15-18)26(35)24(27-31-21-8-1-2-9-22(21)32-27)25(34)16-6-5-7-20(14-16)38(36,37)33-23-10-3-4-11-30-23/h1-15,24H,(H,30,33)(H,31,32). The molecule has 2 aromatic heterocycles. The molecule has 1 unspecified atom stereocenters. The average Bonchev–Trinajstić information content (AvgIpc) is 3.32. The van der Waals surface area contributed by atoms with Crippen LogP contribution in [-0.2, 0) is 10.0 Å². The predicted molar refractivity (Wildman–Crippen MR) is 135 cm³/mol. The van der Waals surface area contributed by atoms with Crippen molar-refractivity contribution in [2.24, 2.45) is 0 Å². The molecule has 2 heterocycles. The van der Waals surface area contributed by atoms with Crippen LogP contribution in [0.15, 0.2) is 96.0 Å². The summed E-state index contributed by atoms with van der Waals surface area (Å²) in [6, 6.07) is 18.8. The number of carbonyl (C=O) groups is 2. The number of H-pyrrole nitrogens is 1. The van der Waals surface area contributed by atoms with Gasteiger partial charge in [-0.05, 0) is 48.5 Å². The molecule has 0 saturated carbocycles. The van der Waals surface area contributed by atoms with Crippen molar-refractivity contribution in [2.45, 2.75) is 10.8 Å². The van der Waals surface area contributed by atoms with Crippen LogP contribution in [-0.4, -0.2) is 34.9 Å². The molecule has 0 bridgehead atoms. The van der Waals surface area contributed by atoms with Gasteiger partial charge in [-0.2, -0.15) is 0 Å². The average molecular weight is 533 g/mol. The zero-order chi connectivity index (χ0) is 26.9. The van der Waals surface area contributed by atoms with Gasteiger partial charge in [-0.3, -0.25) is 14.3 Å². The predicted octanol–water partition coefficient (Wildman–Crippen LogP) is 4.89. The van der Waals surface area contributed by atoms with Crippen LogP contribution in [0.1, 0.15) is 32.5 Å². The number of nitrogens with one attached hydrogen (secondary N) is 2. The van der Waals surface area contributed by atoms with E-state index < -0.39 is 39.1 Å². The Bertz CT molecular complexity index is 1740. The molecule has 0 fully saturated rings. The van der Waals surface area contributed by atoms with Crippen molar-refractivity contribution >= 4 is 38.4 Å². The quantitative estimate of drug-likeness (QED) is 0.217. The Morgan fingerprint density at radius 1 is 0.816 bits per heavy atom. The summed E-state index contributed by atoms with van der Waals surface area (Å²) in [5.74, 6) is -5.31. The first-order valence-corrected chi connectivity index (χ1v) is 12.7. The number of para-hydroxylation sites is 2. The zero-order valence-electron chi connectivity index (χ0n) is 19.4. The van der Waals surface area contributed by atoms with E-state index >= 15 is 0 Å². The molecule has 0 radical (unpaired) electrons. The van der Waals surface area contributed by atoms with E-state index in [9.17, 15) is 26.8 Å². The van der Waals surface area contributed by atoms with E-state index in [1.54, 1.807) is 36.4 Å². The molecule has 0 spiro atoms. The summed E-state index contributed by atoms with van der Waals surface area (Å²) in [5.41, 5.74) is 0.510. The van der Waals surface area contributed by atoms with Gasteiger partial charge in [0.05, 0.1) is 15.9 Å². The number of Topliss-reactive ketones (excluding diaryl/α,β-unsaturated/α-hetero) is 2. The number of nitrogens with zero attached hydrogens (tertiary/aromatic N) is 2. The Hall–Kier alpha value is -4.77. The molecular weight excluding hydrogens is 514 g/mol. The maximum absolute atomic E-state index is 13.9. The summed E-state index contributed by atoms with van der Waals surface area (Å²) in [4.78, 5) is 38.2. The summed E-state index contributed by atoms with van der Waals surface area (Å²) >= 11 is 0. The zero-order valence-corrected chi connectivity index (χ0v) is 20.2. The van der Waals surface area contributed by atoms with E-state index in [0.29, 0.717) is 17.1 Å². The Kier molecular flexibility index (Phi) is 6.52. The van der Waals surface area contributed by atoms with E-state index in [2.05, 4.69) is 19.7 Å². The van der Waals surface area contributed by atoms with Crippen molar-refractivity contribution in [3.63, 3.8) is 0 Å². The van der Waals surface area contributed by atoms with Crippen molar-refractivity contribution in [3.05, 3.63) is 120 Å². The number of hydrogen-bond acceptors (Lipinski definition) is 6. The minimum atomic E-state index is -4.14. The first-order chi connectivity index (χ1) is 18.2. The molecule has 190 valence electrons. The molecule has 2 N–H and O–H groups in total. The molecule has 0 aliphatic rings. The number of imidazole rings is 1. The lowest BCUT2D eigenvalue weighted by Crippen LogP contribution is -2.24. The number of fused-ring (bicyclic) bond motifs is 1. The SMILES string of the molecule is O=C(c1cc(F)cc(F)c1)C(C(=O)c1cccc(S(=O)(=O)Nc2ccccn2)c1)c1nc2ccccc2[nH]1. The second kappa shape index (κ2) is 9.94. The van der Waals surface area contributed by atoms with Gasteiger partial charge in [0.25, 0.3) is 10.0 Å². The van der Waals surface area contributed by atoms with Crippen LogP contribution in [0.5, 0.6) is 0 Å². The van der Waals surface area contributed by atoms with Gasteiger partial charge in [0.1, 0.15) is 29.2 Å². The molecule has 0 saturated heterocycles. The van der Waals surface area contributed by atoms with Crippen LogP contribution in [0.2, 0.25) is 0 Å². The largest absolute Gasteiger partial charge is 0.341 e. The van der Waals surface area contributed by atoms with Gasteiger partial charge in [0.2, 0.25) is 0 Å². The van der Waals surface area contributed by atoms with Gasteiger partial charge in [0, 0.05) is 23.4 Å². The first kappa shape index (κ1) is 24.9. The fraction of sp³-hybridized carbons (Fsp3) is 0.0370. The number of aromatic nitrogens is 3. The van der Waals surface area contributed by atoms with Crippen LogP contribution >= 0.6 is 0 Å². The number of rotatable bonds is 8. The minimum absolute atomic E-state index is 0.0502. The molecule has 0 amide bonds. The Labute approximate surface area is 215 Å². The fourth-order valence-electron chi connectivity index (χ4n) is 3.94. The third kappa shape index (κ3) is 5.04. The van der Waals surface area contributed by atoms with Crippen LogP contribution in [0.4, 0.5) is 14.6 Å². The number of sulfonamides is 1. The van der Waals surface area contributed by atoms with Crippen molar-refractivity contribution < 1.29 is 26.8 Å². The molecule has 1 atom stereocenters. The number of ketones is 2. The monoisotopic (exact) mass is 532 g/mol. The molecule has 5 rings (SSSR count). The highest BCUT2D eigenvalue weighted by Crippen LogP contribution is 2.28. The first-order valence-electron chi connectivity index (χ1n) is 11.2. The molecule has 5 aromatic rings. The third-order valence-electron chi connectivity index (χ3n) is 5.69. The van der Waals surface area contributed by atoms with E-state index in [-0.39, 0.29) is 27.7 Å². The van der Waals surface area contributed by atoms with E-state index in [1.807, 2.05) is 0 Å². The number of aromatic amines is 1. The van der Waals surface area contributed by atoms with Crippen LogP contribution < -0.4 is 4.72 Å². The van der Waals surface area contributed by atoms with Gasteiger partial charge in [-0.1, -0.05) is 30.3 Å². The lowest BCUT2D eigenvalue weighted by atomic mass is 9.89. The lowest BCUT2D eigenvalue weighted by Gasteiger charge is -2.14. The number of benzene rings is 3. The number of carbonyl (C=O) groups excluding carboxylic acids is 2. The molecule has 8 nitrogen and oxygen atoms in total. The van der Waals surface area contributed by atoms with Crippen molar-refractivity contribution in [1.82, 2.24) is 15.0 Å². The van der Waals surface area contributed by atoms with Crippen molar-refractivity contribution in [1.29, 1.82) is 0 Å². The number of anilines is 1. The topological polar surface area (TPSA) is 122 Å². The third-order valence-corrected chi connectivity index (χ3v) is 7.04. The van der Waals surface area contributed by atoms with Crippen molar-refractivity contribution in [3.8, 4) is 0 Å². The van der Waals surface area contributed by atoms with Crippen molar-refractivity contribution in [2.75, 3.05) is 4.72 Å². The molecule has 11 heteroatoms. The van der Waals surface area contributed by atoms with Gasteiger partial charge in [-0.25, -0.2) is 27.2 Å². The Morgan fingerprint density at radius 2 is 1.53 bits per heavy atom. The lowest BCUT2D eigenvalue weighted by molar-refractivity contribution is 0.0855. The van der Waals surface area contributed by atoms with Gasteiger partial charge < -0.3 is 4.98 Å². The normalized spacial score (nSPS) is 12.3. The van der Waals surface area contributed by atoms with E-state index in [4.69, 9.17) is 0 Å². The minimum Gasteiger partial charge on any atom is -0.341 e. The van der Waals surface area contributed by atoms with E-state index in [1.165, 1.54) is 30.5 Å². The summed E-state index contributed by atoms with van der Waals surface area (Å²) in [5, 5.41) is 0. The Balaban J connectivity index is 1.57. The van der Waals surface area contributed by atoms with Crippen LogP contribution in [0, 0.1) is 11.6 Å². The van der Waals surface area contributed by atoms with Gasteiger partial charge in [-0.15, -0.1) is 0 Å². The molecule has 3 aromatic carbocycles. The highest BCUT2D eigenvalue weighted by molar-refractivity contribution is 7.92. The van der Waals surface area contributed by atoms with E-state index in [0.717, 1.165) is 18.2 Å². The number of pyridine rings is 1. The Morgan fingerprint density at radius 3 is 2.24 bits per heavy atom. The second-order valence-corrected chi connectivity index (χ2v) is 9.99. The van der Waals surface area contributed by atoms with Crippen LogP contribution in [0.25, 0.3) is 11.0 Å². The number of hydrogen-bond donors (Lipinski definition) is 2. The maximum atomic E-state index is 13.9. The smallest absolute Gasteiger partial charge is 0.263 e. The fourth-order valence-corrected chi connectivity index (χ4v) is 5.00. The summed E-state index contributed by atoms with van der Waals surface area (Å²) in [6.45, 7) is 0. The number of halogens is 2. The highest BCUT2D eigenvalue weighted by atomic mass is 32.2. The second-order valence-electron chi connectivity index (χ2n) is 8.31. The summed E-state index contributed by atoms with van der Waals surface area (Å²) in [7, 11) is -4.14. The molecule has 0 aliphatic carbocycles. The molecule has 0 aliphatic heterocycles. The van der Waals surface area contributed by atoms with Gasteiger partial charge >= 0.3 is 0 Å². The van der Waals surface area contributed by atoms with Crippen LogP contribution in [0.3, 0.4) is 0 Å². The molecular formula is C27H18F2N4O4S.